The number of ether oxygens (including phenoxy) is 2. The van der Waals surface area contributed by atoms with Gasteiger partial charge in [-0.2, -0.15) is 0 Å². The number of amides is 1. The number of halogens is 1. The predicted octanol–water partition coefficient (Wildman–Crippen LogP) is 4.51. The maximum absolute atomic E-state index is 13.5. The lowest BCUT2D eigenvalue weighted by molar-refractivity contribution is 0.0723. The molecule has 3 aromatic rings. The van der Waals surface area contributed by atoms with Crippen molar-refractivity contribution < 1.29 is 18.8 Å². The summed E-state index contributed by atoms with van der Waals surface area (Å²) in [5.74, 6) is 0.619. The van der Waals surface area contributed by atoms with Gasteiger partial charge in [-0.25, -0.2) is 0 Å². The quantitative estimate of drug-likeness (QED) is 0.429. The number of anilines is 1. The van der Waals surface area contributed by atoms with Crippen LogP contribution in [-0.2, 0) is 16.0 Å². The van der Waals surface area contributed by atoms with Gasteiger partial charge in [-0.3, -0.25) is 4.79 Å². The standard InChI is InChI=1S/C25H28ClN3O4/c1-31-15-5-12-29(24(30)20-8-10-21(26)11-9-20)18-22-23(19-6-3-2-4-7-19)27-33-25(22)28-13-16-32-17-14-28/h2-4,6-11H,5,12-18H2,1H3. The van der Waals surface area contributed by atoms with Gasteiger partial charge in [0.25, 0.3) is 5.91 Å². The van der Waals surface area contributed by atoms with Crippen LogP contribution in [0.2, 0.25) is 5.02 Å². The van der Waals surface area contributed by atoms with Gasteiger partial charge in [0.15, 0.2) is 0 Å². The molecule has 174 valence electrons. The number of morpholine rings is 1. The number of benzene rings is 2. The second kappa shape index (κ2) is 11.3. The van der Waals surface area contributed by atoms with Crippen LogP contribution in [-0.4, -0.2) is 62.5 Å². The first-order valence-electron chi connectivity index (χ1n) is 11.1. The van der Waals surface area contributed by atoms with Crippen LogP contribution in [0.15, 0.2) is 59.1 Å². The van der Waals surface area contributed by atoms with E-state index in [0.29, 0.717) is 68.9 Å². The van der Waals surface area contributed by atoms with Gasteiger partial charge >= 0.3 is 0 Å². The Hall–Kier alpha value is -2.87. The van der Waals surface area contributed by atoms with Gasteiger partial charge in [0.1, 0.15) is 5.69 Å². The second-order valence-electron chi connectivity index (χ2n) is 7.86. The Morgan fingerprint density at radius 2 is 1.85 bits per heavy atom. The van der Waals surface area contributed by atoms with E-state index in [-0.39, 0.29) is 5.91 Å². The molecule has 0 spiro atoms. The number of aromatic nitrogens is 1. The molecule has 0 saturated carbocycles. The van der Waals surface area contributed by atoms with E-state index in [2.05, 4.69) is 10.1 Å². The number of hydrogen-bond acceptors (Lipinski definition) is 6. The summed E-state index contributed by atoms with van der Waals surface area (Å²) in [5.41, 5.74) is 3.18. The fourth-order valence-corrected chi connectivity index (χ4v) is 4.02. The van der Waals surface area contributed by atoms with Gasteiger partial charge in [-0.1, -0.05) is 47.1 Å². The average Bonchev–Trinajstić information content (AvgIpc) is 3.28. The summed E-state index contributed by atoms with van der Waals surface area (Å²) in [6, 6.07) is 16.9. The van der Waals surface area contributed by atoms with E-state index in [1.165, 1.54) is 0 Å². The SMILES string of the molecule is COCCCN(Cc1c(-c2ccccc2)noc1N1CCOCC1)C(=O)c1ccc(Cl)cc1. The smallest absolute Gasteiger partial charge is 0.254 e. The summed E-state index contributed by atoms with van der Waals surface area (Å²) in [5, 5.41) is 5.01. The van der Waals surface area contributed by atoms with Gasteiger partial charge in [0.05, 0.1) is 25.3 Å². The summed E-state index contributed by atoms with van der Waals surface area (Å²) in [6.07, 6.45) is 0.717. The van der Waals surface area contributed by atoms with E-state index < -0.39 is 0 Å². The third-order valence-corrected chi connectivity index (χ3v) is 5.87. The Labute approximate surface area is 198 Å². The Morgan fingerprint density at radius 3 is 2.55 bits per heavy atom. The molecule has 2 heterocycles. The number of carbonyl (C=O) groups is 1. The Bertz CT molecular complexity index is 1030. The zero-order valence-corrected chi connectivity index (χ0v) is 19.5. The van der Waals surface area contributed by atoms with Crippen LogP contribution in [0.1, 0.15) is 22.3 Å². The summed E-state index contributed by atoms with van der Waals surface area (Å²) in [7, 11) is 1.66. The minimum absolute atomic E-state index is 0.0732. The lowest BCUT2D eigenvalue weighted by Crippen LogP contribution is -2.37. The summed E-state index contributed by atoms with van der Waals surface area (Å²) >= 11 is 6.03. The van der Waals surface area contributed by atoms with Crippen LogP contribution < -0.4 is 4.90 Å². The molecule has 0 aliphatic carbocycles. The van der Waals surface area contributed by atoms with Crippen molar-refractivity contribution in [1.82, 2.24) is 10.1 Å². The third-order valence-electron chi connectivity index (χ3n) is 5.62. The fraction of sp³-hybridized carbons (Fsp3) is 0.360. The first-order chi connectivity index (χ1) is 16.2. The van der Waals surface area contributed by atoms with E-state index in [0.717, 1.165) is 16.8 Å². The second-order valence-corrected chi connectivity index (χ2v) is 8.30. The van der Waals surface area contributed by atoms with E-state index in [4.69, 9.17) is 25.6 Å². The highest BCUT2D eigenvalue weighted by Crippen LogP contribution is 2.33. The van der Waals surface area contributed by atoms with Crippen LogP contribution in [0.25, 0.3) is 11.3 Å². The molecule has 1 aliphatic rings. The first kappa shape index (κ1) is 23.3. The molecule has 1 aliphatic heterocycles. The minimum atomic E-state index is -0.0732. The molecule has 0 atom stereocenters. The van der Waals surface area contributed by atoms with Crippen LogP contribution in [0.5, 0.6) is 0 Å². The van der Waals surface area contributed by atoms with Crippen molar-refractivity contribution in [2.24, 2.45) is 0 Å². The molecular formula is C25H28ClN3O4. The molecule has 1 saturated heterocycles. The topological polar surface area (TPSA) is 68.0 Å². The van der Waals surface area contributed by atoms with Crippen molar-refractivity contribution in [2.45, 2.75) is 13.0 Å². The summed E-state index contributed by atoms with van der Waals surface area (Å²) in [6.45, 7) is 4.15. The van der Waals surface area contributed by atoms with Crippen molar-refractivity contribution in [3.05, 3.63) is 70.7 Å². The van der Waals surface area contributed by atoms with Crippen molar-refractivity contribution >= 4 is 23.4 Å². The molecule has 7 nitrogen and oxygen atoms in total. The van der Waals surface area contributed by atoms with Crippen LogP contribution in [0.4, 0.5) is 5.88 Å². The summed E-state index contributed by atoms with van der Waals surface area (Å²) in [4.78, 5) is 17.4. The average molecular weight is 470 g/mol. The normalized spacial score (nSPS) is 13.8. The molecule has 4 rings (SSSR count). The maximum atomic E-state index is 13.5. The molecule has 1 aromatic heterocycles. The van der Waals surface area contributed by atoms with E-state index in [1.54, 1.807) is 31.4 Å². The number of carbonyl (C=O) groups excluding carboxylic acids is 1. The van der Waals surface area contributed by atoms with E-state index >= 15 is 0 Å². The molecule has 0 radical (unpaired) electrons. The molecule has 1 fully saturated rings. The molecule has 1 amide bonds. The zero-order chi connectivity index (χ0) is 23.0. The Balaban J connectivity index is 1.69. The number of nitrogens with zero attached hydrogens (tertiary/aromatic N) is 3. The van der Waals surface area contributed by atoms with Crippen molar-refractivity contribution in [3.63, 3.8) is 0 Å². The lowest BCUT2D eigenvalue weighted by Gasteiger charge is -2.28. The van der Waals surface area contributed by atoms with Crippen LogP contribution in [0.3, 0.4) is 0 Å². The van der Waals surface area contributed by atoms with Crippen LogP contribution in [0, 0.1) is 0 Å². The van der Waals surface area contributed by atoms with Gasteiger partial charge in [-0.05, 0) is 30.7 Å². The predicted molar refractivity (Wildman–Crippen MR) is 128 cm³/mol. The van der Waals surface area contributed by atoms with Crippen molar-refractivity contribution in [2.75, 3.05) is 51.5 Å². The number of rotatable bonds is 9. The van der Waals surface area contributed by atoms with Crippen molar-refractivity contribution in [3.8, 4) is 11.3 Å². The van der Waals surface area contributed by atoms with Gasteiger partial charge in [0, 0.05) is 49.5 Å². The number of methoxy groups -OCH3 is 1. The molecule has 2 aromatic carbocycles. The number of hydrogen-bond donors (Lipinski definition) is 0. The Morgan fingerprint density at radius 1 is 1.12 bits per heavy atom. The first-order valence-corrected chi connectivity index (χ1v) is 11.5. The molecular weight excluding hydrogens is 442 g/mol. The monoisotopic (exact) mass is 469 g/mol. The van der Waals surface area contributed by atoms with E-state index in [9.17, 15) is 4.79 Å². The van der Waals surface area contributed by atoms with Gasteiger partial charge < -0.3 is 23.8 Å². The highest BCUT2D eigenvalue weighted by Gasteiger charge is 2.27. The highest BCUT2D eigenvalue weighted by molar-refractivity contribution is 6.30. The van der Waals surface area contributed by atoms with Gasteiger partial charge in [0.2, 0.25) is 5.88 Å². The maximum Gasteiger partial charge on any atom is 0.254 e. The molecule has 0 unspecified atom stereocenters. The molecule has 0 bridgehead atoms. The largest absolute Gasteiger partial charge is 0.385 e. The molecule has 8 heteroatoms. The Kier molecular flexibility index (Phi) is 7.99. The van der Waals surface area contributed by atoms with Gasteiger partial charge in [-0.15, -0.1) is 0 Å². The van der Waals surface area contributed by atoms with Crippen molar-refractivity contribution in [1.29, 1.82) is 0 Å². The lowest BCUT2D eigenvalue weighted by atomic mass is 10.1. The molecule has 33 heavy (non-hydrogen) atoms. The van der Waals surface area contributed by atoms with E-state index in [1.807, 2.05) is 35.2 Å². The van der Waals surface area contributed by atoms with Crippen LogP contribution >= 0.6 is 11.6 Å². The summed E-state index contributed by atoms with van der Waals surface area (Å²) < 4.78 is 16.6. The fourth-order valence-electron chi connectivity index (χ4n) is 3.90. The minimum Gasteiger partial charge on any atom is -0.385 e. The third kappa shape index (κ3) is 5.74. The zero-order valence-electron chi connectivity index (χ0n) is 18.7. The highest BCUT2D eigenvalue weighted by atomic mass is 35.5. The molecule has 0 N–H and O–H groups in total.